The highest BCUT2D eigenvalue weighted by Gasteiger charge is 2.36. The number of methoxy groups -OCH3 is 1. The van der Waals surface area contributed by atoms with Gasteiger partial charge >= 0.3 is 5.97 Å². The number of hydrogen-bond donors (Lipinski definition) is 1. The van der Waals surface area contributed by atoms with E-state index >= 15 is 0 Å². The van der Waals surface area contributed by atoms with Crippen LogP contribution in [0.1, 0.15) is 36.0 Å². The summed E-state index contributed by atoms with van der Waals surface area (Å²) >= 11 is 1.98. The van der Waals surface area contributed by atoms with Gasteiger partial charge in [0.25, 0.3) is 5.91 Å². The third kappa shape index (κ3) is 4.03. The molecule has 2 fully saturated rings. The zero-order valence-corrected chi connectivity index (χ0v) is 15.1. The van der Waals surface area contributed by atoms with Gasteiger partial charge in [0.15, 0.2) is 18.1 Å². The molecule has 2 aliphatic rings. The first-order valence-electron chi connectivity index (χ1n) is 8.55. The molecule has 0 aromatic heterocycles. The van der Waals surface area contributed by atoms with E-state index in [1.54, 1.807) is 18.2 Å². The highest BCUT2D eigenvalue weighted by molar-refractivity contribution is 8.00. The summed E-state index contributed by atoms with van der Waals surface area (Å²) in [7, 11) is 1.49. The lowest BCUT2D eigenvalue weighted by atomic mass is 9.92. The molecule has 136 valence electrons. The maximum Gasteiger partial charge on any atom is 0.341 e. The quantitative estimate of drug-likeness (QED) is 0.865. The molecule has 1 aliphatic carbocycles. The summed E-state index contributed by atoms with van der Waals surface area (Å²) in [4.78, 5) is 25.8. The molecule has 7 heteroatoms. The molecule has 2 atom stereocenters. The summed E-state index contributed by atoms with van der Waals surface area (Å²) in [6, 6.07) is 5.25. The number of amides is 1. The molecular weight excluding hydrogens is 342 g/mol. The predicted molar refractivity (Wildman–Crippen MR) is 95.7 cm³/mol. The van der Waals surface area contributed by atoms with E-state index in [1.807, 2.05) is 16.7 Å². The summed E-state index contributed by atoms with van der Waals surface area (Å²) < 4.78 is 10.5. The molecule has 6 nitrogen and oxygen atoms in total. The minimum Gasteiger partial charge on any atom is -0.493 e. The Bertz CT molecular complexity index is 648. The minimum atomic E-state index is -1.07. The van der Waals surface area contributed by atoms with Gasteiger partial charge in [0.1, 0.15) is 0 Å². The number of carbonyl (C=O) groups excluding carboxylic acids is 1. The molecule has 3 rings (SSSR count). The van der Waals surface area contributed by atoms with E-state index in [2.05, 4.69) is 0 Å². The Kier molecular flexibility index (Phi) is 5.73. The van der Waals surface area contributed by atoms with Crippen LogP contribution in [0, 0.1) is 0 Å². The second kappa shape index (κ2) is 7.99. The third-order valence-electron chi connectivity index (χ3n) is 4.75. The number of ether oxygens (including phenoxy) is 2. The zero-order chi connectivity index (χ0) is 17.8. The van der Waals surface area contributed by atoms with E-state index in [4.69, 9.17) is 14.6 Å². The predicted octanol–water partition coefficient (Wildman–Crippen LogP) is 2.66. The molecule has 0 bridgehead atoms. The van der Waals surface area contributed by atoms with Crippen LogP contribution in [0.4, 0.5) is 0 Å². The second-order valence-corrected chi connectivity index (χ2v) is 7.65. The van der Waals surface area contributed by atoms with Crippen molar-refractivity contribution in [2.75, 3.05) is 26.0 Å². The maximum atomic E-state index is 13.0. The largest absolute Gasteiger partial charge is 0.493 e. The van der Waals surface area contributed by atoms with E-state index in [1.165, 1.54) is 26.4 Å². The van der Waals surface area contributed by atoms with Crippen molar-refractivity contribution in [2.24, 2.45) is 0 Å². The monoisotopic (exact) mass is 365 g/mol. The smallest absolute Gasteiger partial charge is 0.341 e. The van der Waals surface area contributed by atoms with Crippen LogP contribution in [0.2, 0.25) is 0 Å². The number of carboxylic acids is 1. The van der Waals surface area contributed by atoms with Gasteiger partial charge in [0, 0.05) is 29.2 Å². The first-order chi connectivity index (χ1) is 12.1. The van der Waals surface area contributed by atoms with Gasteiger partial charge in [-0.3, -0.25) is 4.79 Å². The number of fused-ring (bicyclic) bond motifs is 1. The van der Waals surface area contributed by atoms with E-state index in [9.17, 15) is 9.59 Å². The molecule has 0 radical (unpaired) electrons. The number of benzene rings is 1. The van der Waals surface area contributed by atoms with Gasteiger partial charge in [-0.05, 0) is 31.0 Å². The fraction of sp³-hybridized carbons (Fsp3) is 0.556. The SMILES string of the molecule is COc1ccc(C(=O)N2CCS[C@H]3CCCC[C@H]32)cc1OCC(=O)O. The van der Waals surface area contributed by atoms with Crippen LogP contribution >= 0.6 is 11.8 Å². The molecule has 0 unspecified atom stereocenters. The van der Waals surface area contributed by atoms with Crippen LogP contribution in [-0.4, -0.2) is 59.2 Å². The molecule has 0 spiro atoms. The van der Waals surface area contributed by atoms with Crippen LogP contribution in [0.15, 0.2) is 18.2 Å². The molecule has 1 aromatic rings. The van der Waals surface area contributed by atoms with Crippen molar-refractivity contribution in [3.8, 4) is 11.5 Å². The fourth-order valence-electron chi connectivity index (χ4n) is 3.58. The number of thioether (sulfide) groups is 1. The van der Waals surface area contributed by atoms with Gasteiger partial charge in [-0.1, -0.05) is 12.8 Å². The lowest BCUT2D eigenvalue weighted by Gasteiger charge is -2.43. The summed E-state index contributed by atoms with van der Waals surface area (Å²) in [6.45, 7) is 0.279. The van der Waals surface area contributed by atoms with Crippen LogP contribution < -0.4 is 9.47 Å². The molecule has 1 amide bonds. The van der Waals surface area contributed by atoms with Crippen molar-refractivity contribution in [2.45, 2.75) is 37.0 Å². The van der Waals surface area contributed by atoms with Crippen LogP contribution in [0.25, 0.3) is 0 Å². The number of nitrogens with zero attached hydrogens (tertiary/aromatic N) is 1. The van der Waals surface area contributed by atoms with Crippen molar-refractivity contribution < 1.29 is 24.2 Å². The van der Waals surface area contributed by atoms with E-state index in [-0.39, 0.29) is 11.7 Å². The number of rotatable bonds is 5. The number of carboxylic acid groups (broad SMARTS) is 1. The second-order valence-electron chi connectivity index (χ2n) is 6.31. The van der Waals surface area contributed by atoms with Crippen LogP contribution in [0.5, 0.6) is 11.5 Å². The van der Waals surface area contributed by atoms with Gasteiger partial charge in [-0.2, -0.15) is 11.8 Å². The highest BCUT2D eigenvalue weighted by atomic mass is 32.2. The molecule has 1 saturated heterocycles. The van der Waals surface area contributed by atoms with Crippen molar-refractivity contribution in [1.29, 1.82) is 0 Å². The fourth-order valence-corrected chi connectivity index (χ4v) is 5.02. The zero-order valence-electron chi connectivity index (χ0n) is 14.3. The molecule has 1 heterocycles. The summed E-state index contributed by atoms with van der Waals surface area (Å²) in [6.07, 6.45) is 4.64. The number of carbonyl (C=O) groups is 2. The lowest BCUT2D eigenvalue weighted by molar-refractivity contribution is -0.139. The molecule has 1 aromatic carbocycles. The summed E-state index contributed by atoms with van der Waals surface area (Å²) in [5, 5.41) is 9.34. The standard InChI is InChI=1S/C18H23NO5S/c1-23-14-7-6-12(10-15(14)24-11-17(20)21)18(22)19-8-9-25-16-5-3-2-4-13(16)19/h6-7,10,13,16H,2-5,8-9,11H2,1H3,(H,20,21)/t13-,16+/m1/s1. The van der Waals surface area contributed by atoms with Crippen molar-refractivity contribution in [1.82, 2.24) is 4.90 Å². The maximum absolute atomic E-state index is 13.0. The summed E-state index contributed by atoms with van der Waals surface area (Å²) in [5.74, 6) is 0.576. The molecule has 1 aliphatic heterocycles. The number of hydrogen-bond acceptors (Lipinski definition) is 5. The van der Waals surface area contributed by atoms with Crippen LogP contribution in [-0.2, 0) is 4.79 Å². The van der Waals surface area contributed by atoms with E-state index in [0.29, 0.717) is 22.6 Å². The van der Waals surface area contributed by atoms with Gasteiger partial charge < -0.3 is 19.5 Å². The third-order valence-corrected chi connectivity index (χ3v) is 6.15. The van der Waals surface area contributed by atoms with Crippen molar-refractivity contribution >= 4 is 23.6 Å². The highest BCUT2D eigenvalue weighted by Crippen LogP contribution is 2.37. The lowest BCUT2D eigenvalue weighted by Crippen LogP contribution is -2.51. The first kappa shape index (κ1) is 17.9. The Balaban J connectivity index is 1.81. The van der Waals surface area contributed by atoms with Crippen LogP contribution in [0.3, 0.4) is 0 Å². The number of aliphatic carboxylic acids is 1. The van der Waals surface area contributed by atoms with Gasteiger partial charge in [-0.15, -0.1) is 0 Å². The van der Waals surface area contributed by atoms with E-state index in [0.717, 1.165) is 18.7 Å². The first-order valence-corrected chi connectivity index (χ1v) is 9.60. The topological polar surface area (TPSA) is 76.1 Å². The molecular formula is C18H23NO5S. The summed E-state index contributed by atoms with van der Waals surface area (Å²) in [5.41, 5.74) is 0.511. The van der Waals surface area contributed by atoms with Gasteiger partial charge in [0.05, 0.1) is 7.11 Å². The average molecular weight is 365 g/mol. The molecule has 25 heavy (non-hydrogen) atoms. The molecule has 1 saturated carbocycles. The van der Waals surface area contributed by atoms with E-state index < -0.39 is 12.6 Å². The average Bonchev–Trinajstić information content (AvgIpc) is 2.65. The minimum absolute atomic E-state index is 0.0139. The Morgan fingerprint density at radius 3 is 2.84 bits per heavy atom. The van der Waals surface area contributed by atoms with Gasteiger partial charge in [0.2, 0.25) is 0 Å². The Labute approximate surface area is 151 Å². The molecule has 1 N–H and O–H groups in total. The van der Waals surface area contributed by atoms with Crippen molar-refractivity contribution in [3.05, 3.63) is 23.8 Å². The Morgan fingerprint density at radius 2 is 2.08 bits per heavy atom. The Hall–Kier alpha value is -1.89. The normalized spacial score (nSPS) is 22.8. The van der Waals surface area contributed by atoms with Gasteiger partial charge in [-0.25, -0.2) is 4.79 Å². The Morgan fingerprint density at radius 1 is 1.28 bits per heavy atom. The van der Waals surface area contributed by atoms with Crippen molar-refractivity contribution in [3.63, 3.8) is 0 Å².